The van der Waals surface area contributed by atoms with E-state index in [-0.39, 0.29) is 12.8 Å². The summed E-state index contributed by atoms with van der Waals surface area (Å²) in [7, 11) is 0. The van der Waals surface area contributed by atoms with Gasteiger partial charge in [-0.15, -0.1) is 0 Å². The highest BCUT2D eigenvalue weighted by atomic mass is 16.4. The first-order chi connectivity index (χ1) is 9.54. The van der Waals surface area contributed by atoms with E-state index in [2.05, 4.69) is 19.9 Å². The van der Waals surface area contributed by atoms with Crippen LogP contribution in [0.3, 0.4) is 0 Å². The number of aromatic nitrogens is 4. The molecule has 2 aromatic heterocycles. The van der Waals surface area contributed by atoms with Crippen LogP contribution in [-0.2, 0) is 9.59 Å². The van der Waals surface area contributed by atoms with Gasteiger partial charge >= 0.3 is 11.9 Å². The fourth-order valence-electron chi connectivity index (χ4n) is 0.833. The van der Waals surface area contributed by atoms with Crippen molar-refractivity contribution in [3.8, 4) is 0 Å². The van der Waals surface area contributed by atoms with E-state index in [0.717, 1.165) is 0 Å². The molecule has 0 radical (unpaired) electrons. The molecule has 2 heterocycles. The molecule has 0 bridgehead atoms. The van der Waals surface area contributed by atoms with Crippen LogP contribution in [0.15, 0.2) is 37.4 Å². The van der Waals surface area contributed by atoms with Crippen molar-refractivity contribution >= 4 is 11.9 Å². The molecule has 0 spiro atoms. The van der Waals surface area contributed by atoms with E-state index in [1.165, 1.54) is 0 Å². The van der Waals surface area contributed by atoms with E-state index in [0.29, 0.717) is 0 Å². The second-order valence-corrected chi connectivity index (χ2v) is 3.40. The fraction of sp³-hybridized carbons (Fsp3) is 0.273. The van der Waals surface area contributed by atoms with Crippen molar-refractivity contribution in [1.82, 2.24) is 19.9 Å². The number of carboxylic acids is 2. The summed E-state index contributed by atoms with van der Waals surface area (Å²) in [6.45, 7) is 0. The van der Waals surface area contributed by atoms with Gasteiger partial charge in [-0.3, -0.25) is 9.59 Å². The molecule has 9 heteroatoms. The van der Waals surface area contributed by atoms with Crippen LogP contribution < -0.4 is 5.73 Å². The van der Waals surface area contributed by atoms with Gasteiger partial charge in [0.05, 0.1) is 12.7 Å². The summed E-state index contributed by atoms with van der Waals surface area (Å²) in [6.07, 6.45) is 9.94. The van der Waals surface area contributed by atoms with Crippen molar-refractivity contribution in [2.75, 3.05) is 0 Å². The van der Waals surface area contributed by atoms with Gasteiger partial charge in [0, 0.05) is 31.2 Å². The topological polar surface area (TPSA) is 158 Å². The largest absolute Gasteiger partial charge is 0.481 e. The standard InChI is InChI=1S/C5H9NO4.2C3H4N2/c6-3(5(9)10)1-2-4(7)8;2*1-2-5-3-4-1/h3H,1-2,6H2,(H,7,8)(H,9,10);2*1-3H,(H,4,5)/t3-;;/m0../s1. The number of hydrogen-bond donors (Lipinski definition) is 5. The maximum absolute atomic E-state index is 9.99. The molecule has 0 unspecified atom stereocenters. The first kappa shape index (κ1) is 17.3. The van der Waals surface area contributed by atoms with Crippen molar-refractivity contribution in [3.63, 3.8) is 0 Å². The average molecular weight is 283 g/mol. The molecule has 1 atom stereocenters. The molecular formula is C11H17N5O4. The van der Waals surface area contributed by atoms with Crippen LogP contribution in [0.1, 0.15) is 12.8 Å². The summed E-state index contributed by atoms with van der Waals surface area (Å²) >= 11 is 0. The third kappa shape index (κ3) is 11.8. The highest BCUT2D eigenvalue weighted by Crippen LogP contribution is 1.93. The highest BCUT2D eigenvalue weighted by Gasteiger charge is 2.12. The second-order valence-electron chi connectivity index (χ2n) is 3.40. The number of H-pyrrole nitrogens is 2. The summed E-state index contributed by atoms with van der Waals surface area (Å²) in [6, 6.07) is -1.06. The predicted molar refractivity (Wildman–Crippen MR) is 69.7 cm³/mol. The van der Waals surface area contributed by atoms with Crippen molar-refractivity contribution in [2.45, 2.75) is 18.9 Å². The number of aromatic amines is 2. The Labute approximate surface area is 114 Å². The van der Waals surface area contributed by atoms with Gasteiger partial charge < -0.3 is 25.9 Å². The van der Waals surface area contributed by atoms with Gasteiger partial charge in [-0.1, -0.05) is 0 Å². The molecule has 0 saturated heterocycles. The number of nitrogens with two attached hydrogens (primary N) is 1. The van der Waals surface area contributed by atoms with Gasteiger partial charge in [-0.2, -0.15) is 0 Å². The molecule has 0 amide bonds. The highest BCUT2D eigenvalue weighted by molar-refractivity contribution is 5.74. The van der Waals surface area contributed by atoms with E-state index in [4.69, 9.17) is 15.9 Å². The molecule has 0 fully saturated rings. The average Bonchev–Trinajstić information content (AvgIpc) is 3.11. The van der Waals surface area contributed by atoms with Gasteiger partial charge in [0.2, 0.25) is 0 Å². The van der Waals surface area contributed by atoms with Crippen LogP contribution >= 0.6 is 0 Å². The Morgan fingerprint density at radius 2 is 1.60 bits per heavy atom. The van der Waals surface area contributed by atoms with E-state index in [1.54, 1.807) is 37.4 Å². The first-order valence-corrected chi connectivity index (χ1v) is 5.59. The molecule has 0 aliphatic carbocycles. The molecule has 110 valence electrons. The maximum Gasteiger partial charge on any atom is 0.320 e. The van der Waals surface area contributed by atoms with Gasteiger partial charge in [-0.25, -0.2) is 9.97 Å². The smallest absolute Gasteiger partial charge is 0.320 e. The third-order valence-electron chi connectivity index (χ3n) is 1.80. The van der Waals surface area contributed by atoms with Gasteiger partial charge in [-0.05, 0) is 6.42 Å². The number of nitrogens with one attached hydrogen (secondary N) is 2. The zero-order chi connectivity index (χ0) is 15.2. The van der Waals surface area contributed by atoms with Crippen molar-refractivity contribution in [3.05, 3.63) is 37.4 Å². The molecule has 0 aromatic carbocycles. The van der Waals surface area contributed by atoms with E-state index in [1.807, 2.05) is 0 Å². The molecule has 2 rings (SSSR count). The molecular weight excluding hydrogens is 266 g/mol. The molecule has 0 aliphatic rings. The minimum Gasteiger partial charge on any atom is -0.481 e. The Kier molecular flexibility index (Phi) is 9.88. The molecule has 0 saturated carbocycles. The predicted octanol–water partition coefficient (Wildman–Crippen LogP) is 0.0825. The van der Waals surface area contributed by atoms with Crippen LogP contribution in [0, 0.1) is 0 Å². The van der Waals surface area contributed by atoms with E-state index >= 15 is 0 Å². The number of hydrogen-bond acceptors (Lipinski definition) is 5. The maximum atomic E-state index is 9.99. The summed E-state index contributed by atoms with van der Waals surface area (Å²) in [5.41, 5.74) is 5.00. The summed E-state index contributed by atoms with van der Waals surface area (Å²) < 4.78 is 0. The summed E-state index contributed by atoms with van der Waals surface area (Å²) in [4.78, 5) is 32.7. The number of nitrogens with zero attached hydrogens (tertiary/aromatic N) is 2. The SMILES string of the molecule is N[C@@H](CCC(=O)O)C(=O)O.c1c[nH]cn1.c1c[nH]cn1. The fourth-order valence-corrected chi connectivity index (χ4v) is 0.833. The van der Waals surface area contributed by atoms with Crippen LogP contribution in [0.4, 0.5) is 0 Å². The lowest BCUT2D eigenvalue weighted by Gasteiger charge is -2.01. The van der Waals surface area contributed by atoms with Crippen molar-refractivity contribution in [2.24, 2.45) is 5.73 Å². The molecule has 0 aliphatic heterocycles. The Morgan fingerprint density at radius 3 is 1.80 bits per heavy atom. The van der Waals surface area contributed by atoms with Crippen LogP contribution in [0.2, 0.25) is 0 Å². The lowest BCUT2D eigenvalue weighted by molar-refractivity contribution is -0.139. The molecule has 9 nitrogen and oxygen atoms in total. The Hall–Kier alpha value is -2.68. The Bertz CT molecular complexity index is 383. The Morgan fingerprint density at radius 1 is 1.10 bits per heavy atom. The molecule has 6 N–H and O–H groups in total. The summed E-state index contributed by atoms with van der Waals surface area (Å²) in [5, 5.41) is 16.3. The monoisotopic (exact) mass is 283 g/mol. The van der Waals surface area contributed by atoms with Crippen molar-refractivity contribution in [1.29, 1.82) is 0 Å². The zero-order valence-corrected chi connectivity index (χ0v) is 10.6. The zero-order valence-electron chi connectivity index (χ0n) is 10.6. The molecule has 20 heavy (non-hydrogen) atoms. The minimum atomic E-state index is -1.17. The number of carbonyl (C=O) groups is 2. The number of aliphatic carboxylic acids is 2. The van der Waals surface area contributed by atoms with Gasteiger partial charge in [0.25, 0.3) is 0 Å². The normalized spacial score (nSPS) is 10.2. The van der Waals surface area contributed by atoms with Crippen LogP contribution in [0.5, 0.6) is 0 Å². The summed E-state index contributed by atoms with van der Waals surface area (Å²) in [5.74, 6) is -2.20. The van der Waals surface area contributed by atoms with Crippen LogP contribution in [-0.4, -0.2) is 48.1 Å². The second kappa shape index (κ2) is 11.4. The lowest BCUT2D eigenvalue weighted by Crippen LogP contribution is -2.30. The van der Waals surface area contributed by atoms with E-state index in [9.17, 15) is 9.59 Å². The molecule has 2 aromatic rings. The quantitative estimate of drug-likeness (QED) is 0.531. The number of carboxylic acid groups (broad SMARTS) is 2. The van der Waals surface area contributed by atoms with Gasteiger partial charge in [0.15, 0.2) is 0 Å². The number of rotatable bonds is 4. The number of imidazole rings is 2. The van der Waals surface area contributed by atoms with E-state index < -0.39 is 18.0 Å². The van der Waals surface area contributed by atoms with Crippen molar-refractivity contribution < 1.29 is 19.8 Å². The minimum absolute atomic E-state index is 0.0231. The third-order valence-corrected chi connectivity index (χ3v) is 1.80. The van der Waals surface area contributed by atoms with Gasteiger partial charge in [0.1, 0.15) is 6.04 Å². The lowest BCUT2D eigenvalue weighted by atomic mass is 10.2. The van der Waals surface area contributed by atoms with Crippen LogP contribution in [0.25, 0.3) is 0 Å². The Balaban J connectivity index is 0.000000298. The first-order valence-electron chi connectivity index (χ1n) is 5.59.